The first-order chi connectivity index (χ1) is 7.65. The van der Waals surface area contributed by atoms with Crippen molar-refractivity contribution in [2.45, 2.75) is 19.4 Å². The molecule has 0 saturated heterocycles. The SMILES string of the molecule is CC(O)c1cnc(Cc2cccc(Cl)c2)o1. The molecule has 16 heavy (non-hydrogen) atoms. The Hall–Kier alpha value is -1.32. The summed E-state index contributed by atoms with van der Waals surface area (Å²) in [5.74, 6) is 1.06. The fourth-order valence-corrected chi connectivity index (χ4v) is 1.63. The number of aliphatic hydroxyl groups is 1. The van der Waals surface area contributed by atoms with Crippen molar-refractivity contribution in [3.63, 3.8) is 0 Å². The summed E-state index contributed by atoms with van der Waals surface area (Å²) < 4.78 is 5.38. The van der Waals surface area contributed by atoms with Gasteiger partial charge in [0, 0.05) is 11.4 Å². The zero-order valence-electron chi connectivity index (χ0n) is 8.85. The molecule has 0 radical (unpaired) electrons. The van der Waals surface area contributed by atoms with Crippen molar-refractivity contribution >= 4 is 11.6 Å². The van der Waals surface area contributed by atoms with E-state index in [-0.39, 0.29) is 0 Å². The van der Waals surface area contributed by atoms with Crippen LogP contribution in [0.2, 0.25) is 5.02 Å². The summed E-state index contributed by atoms with van der Waals surface area (Å²) in [6.45, 7) is 1.64. The van der Waals surface area contributed by atoms with Crippen molar-refractivity contribution in [1.29, 1.82) is 0 Å². The van der Waals surface area contributed by atoms with Gasteiger partial charge in [0.1, 0.15) is 6.10 Å². The number of rotatable bonds is 3. The molecule has 0 amide bonds. The molecule has 3 nitrogen and oxygen atoms in total. The second-order valence-electron chi connectivity index (χ2n) is 3.64. The third-order valence-electron chi connectivity index (χ3n) is 2.23. The smallest absolute Gasteiger partial charge is 0.198 e. The largest absolute Gasteiger partial charge is 0.443 e. The normalized spacial score (nSPS) is 12.7. The minimum atomic E-state index is -0.624. The number of halogens is 1. The van der Waals surface area contributed by atoms with Crippen LogP contribution in [0.1, 0.15) is 30.2 Å². The Kier molecular flexibility index (Phi) is 3.27. The first kappa shape index (κ1) is 11.2. The van der Waals surface area contributed by atoms with Gasteiger partial charge in [0.2, 0.25) is 0 Å². The molecule has 4 heteroatoms. The van der Waals surface area contributed by atoms with Gasteiger partial charge < -0.3 is 9.52 Å². The lowest BCUT2D eigenvalue weighted by Crippen LogP contribution is -1.88. The maximum Gasteiger partial charge on any atom is 0.198 e. The van der Waals surface area contributed by atoms with E-state index in [2.05, 4.69) is 4.98 Å². The van der Waals surface area contributed by atoms with Crippen molar-refractivity contribution in [3.05, 3.63) is 52.7 Å². The Morgan fingerprint density at radius 1 is 1.50 bits per heavy atom. The number of oxazole rings is 1. The summed E-state index contributed by atoms with van der Waals surface area (Å²) in [6, 6.07) is 7.53. The highest BCUT2D eigenvalue weighted by Gasteiger charge is 2.09. The van der Waals surface area contributed by atoms with Crippen LogP contribution in [0.5, 0.6) is 0 Å². The topological polar surface area (TPSA) is 46.3 Å². The predicted octanol–water partition coefficient (Wildman–Crippen LogP) is 2.97. The fraction of sp³-hybridized carbons (Fsp3) is 0.250. The van der Waals surface area contributed by atoms with Gasteiger partial charge in [-0.1, -0.05) is 23.7 Å². The van der Waals surface area contributed by atoms with Crippen LogP contribution in [0.3, 0.4) is 0 Å². The van der Waals surface area contributed by atoms with Gasteiger partial charge in [-0.05, 0) is 24.6 Å². The lowest BCUT2D eigenvalue weighted by molar-refractivity contribution is 0.167. The molecular formula is C12H12ClNO2. The van der Waals surface area contributed by atoms with E-state index in [1.54, 1.807) is 13.1 Å². The molecule has 84 valence electrons. The molecule has 0 aliphatic rings. The van der Waals surface area contributed by atoms with E-state index in [0.29, 0.717) is 23.1 Å². The van der Waals surface area contributed by atoms with Crippen LogP contribution in [0.25, 0.3) is 0 Å². The molecule has 1 aromatic carbocycles. The molecule has 1 heterocycles. The summed E-state index contributed by atoms with van der Waals surface area (Å²) in [4.78, 5) is 4.09. The van der Waals surface area contributed by atoms with Gasteiger partial charge in [0.25, 0.3) is 0 Å². The minimum Gasteiger partial charge on any atom is -0.443 e. The number of aliphatic hydroxyl groups excluding tert-OH is 1. The van der Waals surface area contributed by atoms with Crippen LogP contribution in [0.4, 0.5) is 0 Å². The van der Waals surface area contributed by atoms with E-state index in [1.807, 2.05) is 24.3 Å². The van der Waals surface area contributed by atoms with Gasteiger partial charge in [-0.3, -0.25) is 0 Å². The molecule has 2 rings (SSSR count). The van der Waals surface area contributed by atoms with Crippen LogP contribution in [0, 0.1) is 0 Å². The van der Waals surface area contributed by atoms with Gasteiger partial charge in [-0.15, -0.1) is 0 Å². The Labute approximate surface area is 98.7 Å². The Balaban J connectivity index is 2.14. The average molecular weight is 238 g/mol. The predicted molar refractivity (Wildman–Crippen MR) is 61.4 cm³/mol. The monoisotopic (exact) mass is 237 g/mol. The summed E-state index contributed by atoms with van der Waals surface area (Å²) in [7, 11) is 0. The quantitative estimate of drug-likeness (QED) is 0.893. The average Bonchev–Trinajstić information content (AvgIpc) is 2.66. The maximum absolute atomic E-state index is 9.29. The Morgan fingerprint density at radius 3 is 2.94 bits per heavy atom. The first-order valence-corrected chi connectivity index (χ1v) is 5.40. The third-order valence-corrected chi connectivity index (χ3v) is 2.46. The molecule has 1 atom stereocenters. The lowest BCUT2D eigenvalue weighted by atomic mass is 10.1. The van der Waals surface area contributed by atoms with Crippen LogP contribution in [-0.4, -0.2) is 10.1 Å². The van der Waals surface area contributed by atoms with Crippen molar-refractivity contribution < 1.29 is 9.52 Å². The summed E-state index contributed by atoms with van der Waals surface area (Å²) in [5, 5.41) is 9.99. The molecule has 0 aliphatic carbocycles. The highest BCUT2D eigenvalue weighted by molar-refractivity contribution is 6.30. The molecular weight excluding hydrogens is 226 g/mol. The van der Waals surface area contributed by atoms with E-state index in [9.17, 15) is 5.11 Å². The number of benzene rings is 1. The third kappa shape index (κ3) is 2.62. The van der Waals surface area contributed by atoms with E-state index in [1.165, 1.54) is 0 Å². The summed E-state index contributed by atoms with van der Waals surface area (Å²) in [5.41, 5.74) is 1.03. The van der Waals surface area contributed by atoms with E-state index in [0.717, 1.165) is 5.56 Å². The standard InChI is InChI=1S/C12H12ClNO2/c1-8(15)11-7-14-12(16-11)6-9-3-2-4-10(13)5-9/h2-5,7-8,15H,6H2,1H3. The molecule has 0 saturated carbocycles. The maximum atomic E-state index is 9.29. The van der Waals surface area contributed by atoms with Crippen molar-refractivity contribution in [2.75, 3.05) is 0 Å². The highest BCUT2D eigenvalue weighted by atomic mass is 35.5. The zero-order chi connectivity index (χ0) is 11.5. The minimum absolute atomic E-state index is 0.483. The highest BCUT2D eigenvalue weighted by Crippen LogP contribution is 2.17. The molecule has 0 aliphatic heterocycles. The molecule has 1 unspecified atom stereocenters. The molecule has 1 aromatic heterocycles. The summed E-state index contributed by atoms with van der Waals surface area (Å²) in [6.07, 6.45) is 1.50. The number of hydrogen-bond acceptors (Lipinski definition) is 3. The number of nitrogens with zero attached hydrogens (tertiary/aromatic N) is 1. The Bertz CT molecular complexity index is 479. The lowest BCUT2D eigenvalue weighted by Gasteiger charge is -1.99. The van der Waals surface area contributed by atoms with Gasteiger partial charge in [0.05, 0.1) is 6.20 Å². The van der Waals surface area contributed by atoms with Crippen LogP contribution < -0.4 is 0 Å². The van der Waals surface area contributed by atoms with Crippen molar-refractivity contribution in [3.8, 4) is 0 Å². The van der Waals surface area contributed by atoms with E-state index < -0.39 is 6.10 Å². The zero-order valence-corrected chi connectivity index (χ0v) is 9.61. The van der Waals surface area contributed by atoms with E-state index in [4.69, 9.17) is 16.0 Å². The second-order valence-corrected chi connectivity index (χ2v) is 4.08. The van der Waals surface area contributed by atoms with Crippen molar-refractivity contribution in [1.82, 2.24) is 4.98 Å². The number of hydrogen-bond donors (Lipinski definition) is 1. The van der Waals surface area contributed by atoms with Crippen LogP contribution >= 0.6 is 11.6 Å². The van der Waals surface area contributed by atoms with Gasteiger partial charge in [-0.25, -0.2) is 4.98 Å². The molecule has 0 bridgehead atoms. The van der Waals surface area contributed by atoms with Gasteiger partial charge in [0.15, 0.2) is 11.7 Å². The summed E-state index contributed by atoms with van der Waals surface area (Å²) >= 11 is 5.88. The van der Waals surface area contributed by atoms with Gasteiger partial charge >= 0.3 is 0 Å². The molecule has 1 N–H and O–H groups in total. The molecule has 0 fully saturated rings. The van der Waals surface area contributed by atoms with Crippen LogP contribution in [0.15, 0.2) is 34.9 Å². The fourth-order valence-electron chi connectivity index (χ4n) is 1.42. The Morgan fingerprint density at radius 2 is 2.31 bits per heavy atom. The molecule has 0 spiro atoms. The van der Waals surface area contributed by atoms with Crippen LogP contribution in [-0.2, 0) is 6.42 Å². The second kappa shape index (κ2) is 4.68. The first-order valence-electron chi connectivity index (χ1n) is 5.02. The van der Waals surface area contributed by atoms with Crippen molar-refractivity contribution in [2.24, 2.45) is 0 Å². The molecule has 2 aromatic rings. The van der Waals surface area contributed by atoms with Gasteiger partial charge in [-0.2, -0.15) is 0 Å². The number of aromatic nitrogens is 1. The van der Waals surface area contributed by atoms with E-state index >= 15 is 0 Å².